The number of anilines is 1. The molecule has 0 radical (unpaired) electrons. The lowest BCUT2D eigenvalue weighted by Gasteiger charge is -2.22. The van der Waals surface area contributed by atoms with Gasteiger partial charge in [-0.25, -0.2) is 0 Å². The molecule has 0 atom stereocenters. The fourth-order valence-electron chi connectivity index (χ4n) is 2.98. The van der Waals surface area contributed by atoms with Gasteiger partial charge in [-0.15, -0.1) is 0 Å². The van der Waals surface area contributed by atoms with Crippen molar-refractivity contribution in [1.82, 2.24) is 4.90 Å². The van der Waals surface area contributed by atoms with E-state index >= 15 is 0 Å². The molecule has 140 valence electrons. The Hall–Kier alpha value is -3.01. The maximum atomic E-state index is 13.1. The van der Waals surface area contributed by atoms with Crippen LogP contribution < -0.4 is 4.90 Å². The van der Waals surface area contributed by atoms with Crippen LogP contribution >= 0.6 is 0 Å². The number of nitrogens with zero attached hydrogens (tertiary/aromatic N) is 2. The Morgan fingerprint density at radius 1 is 0.889 bits per heavy atom. The Morgan fingerprint density at radius 2 is 1.56 bits per heavy atom. The van der Waals surface area contributed by atoms with Gasteiger partial charge in [-0.3, -0.25) is 4.79 Å². The molecule has 3 aromatic rings. The molecule has 0 bridgehead atoms. The normalized spacial score (nSPS) is 10.6. The van der Waals surface area contributed by atoms with E-state index in [-0.39, 0.29) is 5.91 Å². The van der Waals surface area contributed by atoms with Crippen LogP contribution in [0.1, 0.15) is 34.2 Å². The molecule has 27 heavy (non-hydrogen) atoms. The molecule has 0 saturated heterocycles. The average Bonchev–Trinajstić information content (AvgIpc) is 3.20. The second-order valence-corrected chi connectivity index (χ2v) is 6.85. The predicted octanol–water partition coefficient (Wildman–Crippen LogP) is 4.75. The molecule has 0 aliphatic carbocycles. The molecule has 0 fully saturated rings. The summed E-state index contributed by atoms with van der Waals surface area (Å²) in [6.45, 7) is 3.08. The summed E-state index contributed by atoms with van der Waals surface area (Å²) in [7, 11) is 4.03. The highest BCUT2D eigenvalue weighted by atomic mass is 16.3. The third kappa shape index (κ3) is 4.79. The number of furan rings is 1. The summed E-state index contributed by atoms with van der Waals surface area (Å²) in [5.41, 5.74) is 4.15. The molecule has 0 saturated carbocycles. The first kappa shape index (κ1) is 18.8. The van der Waals surface area contributed by atoms with Crippen LogP contribution in [0.2, 0.25) is 0 Å². The van der Waals surface area contributed by atoms with Crippen LogP contribution in [0, 0.1) is 0 Å². The Morgan fingerprint density at radius 3 is 2.11 bits per heavy atom. The predicted molar refractivity (Wildman–Crippen MR) is 109 cm³/mol. The number of aryl methyl sites for hydroxylation is 1. The number of carbonyl (C=O) groups is 1. The lowest BCUT2D eigenvalue weighted by molar-refractivity contribution is 0.0717. The van der Waals surface area contributed by atoms with Crippen LogP contribution in [0.4, 0.5) is 5.69 Å². The van der Waals surface area contributed by atoms with Crippen molar-refractivity contribution in [1.29, 1.82) is 0 Å². The fraction of sp³-hybridized carbons (Fsp3) is 0.261. The van der Waals surface area contributed by atoms with Gasteiger partial charge < -0.3 is 14.2 Å². The summed E-state index contributed by atoms with van der Waals surface area (Å²) in [5.74, 6) is 0.782. The van der Waals surface area contributed by atoms with E-state index in [1.54, 1.807) is 6.26 Å². The van der Waals surface area contributed by atoms with Crippen molar-refractivity contribution in [2.24, 2.45) is 0 Å². The molecule has 0 aliphatic heterocycles. The molecule has 0 unspecified atom stereocenters. The van der Waals surface area contributed by atoms with Gasteiger partial charge in [0.1, 0.15) is 5.76 Å². The van der Waals surface area contributed by atoms with E-state index in [1.807, 2.05) is 55.4 Å². The van der Waals surface area contributed by atoms with E-state index < -0.39 is 0 Å². The minimum absolute atomic E-state index is 0.00531. The van der Waals surface area contributed by atoms with Gasteiger partial charge in [0.05, 0.1) is 12.8 Å². The number of benzene rings is 2. The third-order valence-electron chi connectivity index (χ3n) is 4.65. The highest BCUT2D eigenvalue weighted by Crippen LogP contribution is 2.18. The number of rotatable bonds is 7. The third-order valence-corrected chi connectivity index (χ3v) is 4.65. The second-order valence-electron chi connectivity index (χ2n) is 6.85. The largest absolute Gasteiger partial charge is 0.467 e. The van der Waals surface area contributed by atoms with Crippen molar-refractivity contribution in [2.75, 3.05) is 19.0 Å². The highest BCUT2D eigenvalue weighted by molar-refractivity contribution is 5.94. The Balaban J connectivity index is 1.82. The topological polar surface area (TPSA) is 36.7 Å². The first-order chi connectivity index (χ1) is 13.1. The van der Waals surface area contributed by atoms with E-state index in [1.165, 1.54) is 5.56 Å². The fourth-order valence-corrected chi connectivity index (χ4v) is 2.98. The summed E-state index contributed by atoms with van der Waals surface area (Å²) in [4.78, 5) is 17.0. The molecule has 3 rings (SSSR count). The van der Waals surface area contributed by atoms with Crippen molar-refractivity contribution in [2.45, 2.75) is 26.4 Å². The van der Waals surface area contributed by atoms with Crippen LogP contribution in [-0.4, -0.2) is 24.9 Å². The molecular formula is C23H26N2O2. The van der Waals surface area contributed by atoms with Gasteiger partial charge in [-0.05, 0) is 53.9 Å². The van der Waals surface area contributed by atoms with Crippen LogP contribution in [-0.2, 0) is 19.5 Å². The molecule has 4 heteroatoms. The highest BCUT2D eigenvalue weighted by Gasteiger charge is 2.18. The summed E-state index contributed by atoms with van der Waals surface area (Å²) < 4.78 is 5.47. The Kier molecular flexibility index (Phi) is 5.97. The quantitative estimate of drug-likeness (QED) is 0.608. The maximum absolute atomic E-state index is 13.1. The van der Waals surface area contributed by atoms with Gasteiger partial charge in [0.15, 0.2) is 0 Å². The SMILES string of the molecule is CCc1ccc(C(=O)N(Cc2ccc(N(C)C)cc2)Cc2ccco2)cc1. The molecule has 1 heterocycles. The van der Waals surface area contributed by atoms with Crippen LogP contribution in [0.25, 0.3) is 0 Å². The van der Waals surface area contributed by atoms with Gasteiger partial charge in [-0.2, -0.15) is 0 Å². The molecule has 0 aliphatic rings. The lowest BCUT2D eigenvalue weighted by Crippen LogP contribution is -2.30. The first-order valence-electron chi connectivity index (χ1n) is 9.23. The second kappa shape index (κ2) is 8.58. The van der Waals surface area contributed by atoms with Crippen molar-refractivity contribution in [3.63, 3.8) is 0 Å². The number of hydrogen-bond acceptors (Lipinski definition) is 3. The van der Waals surface area contributed by atoms with Gasteiger partial charge in [-0.1, -0.05) is 31.2 Å². The summed E-state index contributed by atoms with van der Waals surface area (Å²) >= 11 is 0. The minimum Gasteiger partial charge on any atom is -0.467 e. The monoisotopic (exact) mass is 362 g/mol. The summed E-state index contributed by atoms with van der Waals surface area (Å²) in [6, 6.07) is 19.9. The zero-order valence-electron chi connectivity index (χ0n) is 16.2. The molecule has 1 aromatic heterocycles. The van der Waals surface area contributed by atoms with E-state index in [4.69, 9.17) is 4.42 Å². The average molecular weight is 362 g/mol. The molecule has 4 nitrogen and oxygen atoms in total. The van der Waals surface area contributed by atoms with Gasteiger partial charge in [0.25, 0.3) is 5.91 Å². The maximum Gasteiger partial charge on any atom is 0.254 e. The van der Waals surface area contributed by atoms with Crippen LogP contribution in [0.5, 0.6) is 0 Å². The van der Waals surface area contributed by atoms with Crippen LogP contribution in [0.3, 0.4) is 0 Å². The molecule has 0 spiro atoms. The van der Waals surface area contributed by atoms with Gasteiger partial charge >= 0.3 is 0 Å². The number of carbonyl (C=O) groups excluding carboxylic acids is 1. The minimum atomic E-state index is 0.00531. The Bertz CT molecular complexity index is 850. The molecule has 0 N–H and O–H groups in total. The summed E-state index contributed by atoms with van der Waals surface area (Å²) in [6.07, 6.45) is 2.60. The number of amides is 1. The van der Waals surface area contributed by atoms with Crippen molar-refractivity contribution < 1.29 is 9.21 Å². The van der Waals surface area contributed by atoms with E-state index in [0.717, 1.165) is 23.4 Å². The van der Waals surface area contributed by atoms with Gasteiger partial charge in [0.2, 0.25) is 0 Å². The zero-order valence-corrected chi connectivity index (χ0v) is 16.2. The van der Waals surface area contributed by atoms with E-state index in [9.17, 15) is 4.79 Å². The standard InChI is InChI=1S/C23H26N2O2/c1-4-18-7-11-20(12-8-18)23(26)25(17-22-6-5-15-27-22)16-19-9-13-21(14-10-19)24(2)3/h5-15H,4,16-17H2,1-3H3. The van der Waals surface area contributed by atoms with Gasteiger partial charge in [0, 0.05) is 31.9 Å². The van der Waals surface area contributed by atoms with Crippen molar-refractivity contribution in [3.8, 4) is 0 Å². The Labute approximate surface area is 161 Å². The zero-order chi connectivity index (χ0) is 19.2. The van der Waals surface area contributed by atoms with Crippen molar-refractivity contribution in [3.05, 3.63) is 89.4 Å². The molecule has 2 aromatic carbocycles. The van der Waals surface area contributed by atoms with Crippen LogP contribution in [0.15, 0.2) is 71.3 Å². The van der Waals surface area contributed by atoms with E-state index in [2.05, 4.69) is 36.1 Å². The van der Waals surface area contributed by atoms with Crippen molar-refractivity contribution >= 4 is 11.6 Å². The molecule has 1 amide bonds. The molecular weight excluding hydrogens is 336 g/mol. The first-order valence-corrected chi connectivity index (χ1v) is 9.23. The summed E-state index contributed by atoms with van der Waals surface area (Å²) in [5, 5.41) is 0. The smallest absolute Gasteiger partial charge is 0.254 e. The lowest BCUT2D eigenvalue weighted by atomic mass is 10.1. The van der Waals surface area contributed by atoms with E-state index in [0.29, 0.717) is 18.7 Å². The number of hydrogen-bond donors (Lipinski definition) is 0.